The van der Waals surface area contributed by atoms with Gasteiger partial charge in [-0.05, 0) is 24.1 Å². The van der Waals surface area contributed by atoms with Crippen molar-refractivity contribution >= 4 is 0 Å². The van der Waals surface area contributed by atoms with Gasteiger partial charge in [0.1, 0.15) is 5.82 Å². The SMILES string of the molecule is CCC(N)C(c1ccncc1)N1CCn2ccnc2C1. The van der Waals surface area contributed by atoms with E-state index in [-0.39, 0.29) is 12.1 Å². The molecule has 0 aliphatic carbocycles. The molecule has 1 aliphatic heterocycles. The zero-order valence-electron chi connectivity index (χ0n) is 11.8. The molecule has 5 nitrogen and oxygen atoms in total. The van der Waals surface area contributed by atoms with Crippen LogP contribution in [0, 0.1) is 0 Å². The Bertz CT molecular complexity index is 550. The van der Waals surface area contributed by atoms with Gasteiger partial charge in [-0.1, -0.05) is 6.92 Å². The lowest BCUT2D eigenvalue weighted by atomic mass is 9.96. The van der Waals surface area contributed by atoms with Crippen LogP contribution in [0.5, 0.6) is 0 Å². The third-order valence-electron chi connectivity index (χ3n) is 4.09. The van der Waals surface area contributed by atoms with Crippen LogP contribution in [0.25, 0.3) is 0 Å². The predicted molar refractivity (Wildman–Crippen MR) is 77.9 cm³/mol. The van der Waals surface area contributed by atoms with Crippen LogP contribution < -0.4 is 5.73 Å². The van der Waals surface area contributed by atoms with E-state index in [1.807, 2.05) is 24.8 Å². The maximum atomic E-state index is 6.39. The number of pyridine rings is 1. The second-order valence-corrected chi connectivity index (χ2v) is 5.30. The van der Waals surface area contributed by atoms with E-state index in [1.165, 1.54) is 5.56 Å². The van der Waals surface area contributed by atoms with Crippen molar-refractivity contribution in [3.63, 3.8) is 0 Å². The average Bonchev–Trinajstić information content (AvgIpc) is 2.96. The molecule has 20 heavy (non-hydrogen) atoms. The highest BCUT2D eigenvalue weighted by Crippen LogP contribution is 2.28. The monoisotopic (exact) mass is 271 g/mol. The third kappa shape index (κ3) is 2.46. The van der Waals surface area contributed by atoms with Crippen LogP contribution in [-0.4, -0.2) is 32.0 Å². The maximum Gasteiger partial charge on any atom is 0.122 e. The smallest absolute Gasteiger partial charge is 0.122 e. The molecule has 2 N–H and O–H groups in total. The number of nitrogens with two attached hydrogens (primary N) is 1. The van der Waals surface area contributed by atoms with Gasteiger partial charge in [-0.15, -0.1) is 0 Å². The van der Waals surface area contributed by atoms with E-state index in [9.17, 15) is 0 Å². The highest BCUT2D eigenvalue weighted by molar-refractivity contribution is 5.18. The molecular formula is C15H21N5. The highest BCUT2D eigenvalue weighted by atomic mass is 15.3. The van der Waals surface area contributed by atoms with Crippen LogP contribution >= 0.6 is 0 Å². The van der Waals surface area contributed by atoms with Crippen molar-refractivity contribution in [3.8, 4) is 0 Å². The minimum absolute atomic E-state index is 0.124. The molecule has 3 rings (SSSR count). The summed E-state index contributed by atoms with van der Waals surface area (Å²) in [6.45, 7) is 4.98. The molecule has 5 heteroatoms. The summed E-state index contributed by atoms with van der Waals surface area (Å²) in [5.74, 6) is 1.12. The number of hydrogen-bond acceptors (Lipinski definition) is 4. The Labute approximate surface area is 119 Å². The van der Waals surface area contributed by atoms with E-state index in [4.69, 9.17) is 5.73 Å². The molecule has 0 amide bonds. The average molecular weight is 271 g/mol. The first-order chi connectivity index (χ1) is 9.79. The van der Waals surface area contributed by atoms with E-state index >= 15 is 0 Å². The lowest BCUT2D eigenvalue weighted by molar-refractivity contribution is 0.130. The summed E-state index contributed by atoms with van der Waals surface area (Å²) in [5, 5.41) is 0. The molecule has 0 radical (unpaired) electrons. The van der Waals surface area contributed by atoms with Crippen molar-refractivity contribution in [3.05, 3.63) is 48.3 Å². The Balaban J connectivity index is 1.87. The minimum atomic E-state index is 0.124. The summed E-state index contributed by atoms with van der Waals surface area (Å²) in [5.41, 5.74) is 7.63. The number of hydrogen-bond donors (Lipinski definition) is 1. The summed E-state index contributed by atoms with van der Waals surface area (Å²) in [7, 11) is 0. The Morgan fingerprint density at radius 3 is 2.80 bits per heavy atom. The lowest BCUT2D eigenvalue weighted by Gasteiger charge is -2.38. The number of fused-ring (bicyclic) bond motifs is 1. The molecule has 2 aromatic heterocycles. The predicted octanol–water partition coefficient (Wildman–Crippen LogP) is 1.57. The van der Waals surface area contributed by atoms with Crippen molar-refractivity contribution < 1.29 is 0 Å². The molecule has 1 aliphatic rings. The topological polar surface area (TPSA) is 60.0 Å². The molecule has 2 atom stereocenters. The molecule has 0 aromatic carbocycles. The van der Waals surface area contributed by atoms with E-state index < -0.39 is 0 Å². The fourth-order valence-corrected chi connectivity index (χ4v) is 2.94. The van der Waals surface area contributed by atoms with E-state index in [2.05, 4.69) is 38.5 Å². The summed E-state index contributed by atoms with van der Waals surface area (Å²) >= 11 is 0. The first-order valence-corrected chi connectivity index (χ1v) is 7.19. The van der Waals surface area contributed by atoms with E-state index in [0.29, 0.717) is 0 Å². The van der Waals surface area contributed by atoms with Crippen LogP contribution in [0.4, 0.5) is 0 Å². The van der Waals surface area contributed by atoms with Gasteiger partial charge in [0.2, 0.25) is 0 Å². The van der Waals surface area contributed by atoms with E-state index in [0.717, 1.165) is 31.9 Å². The summed E-state index contributed by atoms with van der Waals surface area (Å²) in [4.78, 5) is 11.0. The third-order valence-corrected chi connectivity index (χ3v) is 4.09. The number of nitrogens with zero attached hydrogens (tertiary/aromatic N) is 4. The Morgan fingerprint density at radius 2 is 2.05 bits per heavy atom. The van der Waals surface area contributed by atoms with Crippen molar-refractivity contribution in [1.29, 1.82) is 0 Å². The first kappa shape index (κ1) is 13.3. The van der Waals surface area contributed by atoms with Crippen molar-refractivity contribution in [2.24, 2.45) is 5.73 Å². The number of imidazole rings is 1. The zero-order valence-corrected chi connectivity index (χ0v) is 11.8. The molecule has 0 bridgehead atoms. The van der Waals surface area contributed by atoms with Gasteiger partial charge in [0.15, 0.2) is 0 Å². The van der Waals surface area contributed by atoms with Crippen molar-refractivity contribution in [2.45, 2.75) is 38.5 Å². The number of rotatable bonds is 4. The van der Waals surface area contributed by atoms with E-state index in [1.54, 1.807) is 0 Å². The molecule has 2 unspecified atom stereocenters. The minimum Gasteiger partial charge on any atom is -0.333 e. The van der Waals surface area contributed by atoms with Gasteiger partial charge in [-0.2, -0.15) is 0 Å². The summed E-state index contributed by atoms with van der Waals surface area (Å²) in [6.07, 6.45) is 8.57. The van der Waals surface area contributed by atoms with Crippen molar-refractivity contribution in [1.82, 2.24) is 19.4 Å². The van der Waals surface area contributed by atoms with Gasteiger partial charge in [0.05, 0.1) is 12.6 Å². The Hall–Kier alpha value is -1.72. The maximum absolute atomic E-state index is 6.39. The Kier molecular flexibility index (Phi) is 3.80. The summed E-state index contributed by atoms with van der Waals surface area (Å²) in [6, 6.07) is 4.50. The fraction of sp³-hybridized carbons (Fsp3) is 0.467. The molecular weight excluding hydrogens is 250 g/mol. The van der Waals surface area contributed by atoms with Crippen LogP contribution in [0.3, 0.4) is 0 Å². The largest absolute Gasteiger partial charge is 0.333 e. The molecule has 2 aromatic rings. The highest BCUT2D eigenvalue weighted by Gasteiger charge is 2.29. The second-order valence-electron chi connectivity index (χ2n) is 5.30. The molecule has 0 fully saturated rings. The molecule has 3 heterocycles. The normalized spacial score (nSPS) is 18.5. The van der Waals surface area contributed by atoms with Gasteiger partial charge in [-0.25, -0.2) is 4.98 Å². The first-order valence-electron chi connectivity index (χ1n) is 7.19. The Morgan fingerprint density at radius 1 is 1.25 bits per heavy atom. The van der Waals surface area contributed by atoms with Crippen LogP contribution in [0.15, 0.2) is 36.9 Å². The quantitative estimate of drug-likeness (QED) is 0.917. The fourth-order valence-electron chi connectivity index (χ4n) is 2.94. The van der Waals surface area contributed by atoms with Gasteiger partial charge < -0.3 is 10.3 Å². The molecule has 0 saturated carbocycles. The summed E-state index contributed by atoms with van der Waals surface area (Å²) < 4.78 is 2.22. The molecule has 0 saturated heterocycles. The van der Waals surface area contributed by atoms with Gasteiger partial charge in [0, 0.05) is 43.9 Å². The van der Waals surface area contributed by atoms with Crippen LogP contribution in [-0.2, 0) is 13.1 Å². The van der Waals surface area contributed by atoms with Gasteiger partial charge in [-0.3, -0.25) is 9.88 Å². The van der Waals surface area contributed by atoms with Crippen molar-refractivity contribution in [2.75, 3.05) is 6.54 Å². The zero-order chi connectivity index (χ0) is 13.9. The van der Waals surface area contributed by atoms with Crippen LogP contribution in [0.1, 0.15) is 30.8 Å². The number of aromatic nitrogens is 3. The van der Waals surface area contributed by atoms with Gasteiger partial charge in [0.25, 0.3) is 0 Å². The standard InChI is InChI=1S/C15H21N5/c1-2-13(16)15(12-3-5-17-6-4-12)20-10-9-19-8-7-18-14(19)11-20/h3-8,13,15H,2,9-11,16H2,1H3. The second kappa shape index (κ2) is 5.73. The molecule has 0 spiro atoms. The molecule has 106 valence electrons. The van der Waals surface area contributed by atoms with Gasteiger partial charge >= 0.3 is 0 Å². The lowest BCUT2D eigenvalue weighted by Crippen LogP contribution is -2.44. The van der Waals surface area contributed by atoms with Crippen LogP contribution in [0.2, 0.25) is 0 Å².